The van der Waals surface area contributed by atoms with Crippen molar-refractivity contribution in [3.05, 3.63) is 53.3 Å². The monoisotopic (exact) mass is 288 g/mol. The molecule has 2 aromatic rings. The predicted molar refractivity (Wildman–Crippen MR) is 77.0 cm³/mol. The van der Waals surface area contributed by atoms with Crippen molar-refractivity contribution < 1.29 is 9.53 Å². The number of halogens is 1. The molecule has 1 N–H and O–H groups in total. The molecule has 0 radical (unpaired) electrons. The van der Waals surface area contributed by atoms with Crippen LogP contribution in [0.5, 0.6) is 5.75 Å². The molecule has 1 aliphatic heterocycles. The van der Waals surface area contributed by atoms with E-state index in [9.17, 15) is 4.79 Å². The van der Waals surface area contributed by atoms with E-state index in [1.807, 2.05) is 12.1 Å². The van der Waals surface area contributed by atoms with Crippen LogP contribution in [0.25, 0.3) is 0 Å². The number of fused-ring (bicyclic) bond motifs is 1. The van der Waals surface area contributed by atoms with E-state index in [-0.39, 0.29) is 11.8 Å². The van der Waals surface area contributed by atoms with Gasteiger partial charge in [-0.15, -0.1) is 0 Å². The highest BCUT2D eigenvalue weighted by molar-refractivity contribution is 6.30. The molecule has 0 saturated carbocycles. The first-order chi connectivity index (χ1) is 9.72. The minimum absolute atomic E-state index is 0.0539. The third-order valence-electron chi connectivity index (χ3n) is 3.25. The average molecular weight is 289 g/mol. The van der Waals surface area contributed by atoms with Crippen molar-refractivity contribution in [3.63, 3.8) is 0 Å². The van der Waals surface area contributed by atoms with Crippen LogP contribution < -0.4 is 10.1 Å². The van der Waals surface area contributed by atoms with E-state index in [0.29, 0.717) is 18.1 Å². The number of benzene rings is 1. The molecule has 1 amide bonds. The summed E-state index contributed by atoms with van der Waals surface area (Å²) in [6, 6.07) is 8.99. The van der Waals surface area contributed by atoms with Gasteiger partial charge >= 0.3 is 0 Å². The number of nitrogens with zero attached hydrogens (tertiary/aromatic N) is 1. The molecule has 1 unspecified atom stereocenters. The molecule has 4 nitrogen and oxygen atoms in total. The Morgan fingerprint density at radius 2 is 2.10 bits per heavy atom. The molecule has 2 heterocycles. The van der Waals surface area contributed by atoms with E-state index >= 15 is 0 Å². The first-order valence-electron chi connectivity index (χ1n) is 6.34. The lowest BCUT2D eigenvalue weighted by Crippen LogP contribution is -2.32. The normalized spacial score (nSPS) is 16.9. The largest absolute Gasteiger partial charge is 0.492 e. The van der Waals surface area contributed by atoms with Gasteiger partial charge in [-0.2, -0.15) is 0 Å². The molecule has 0 spiro atoms. The second-order valence-electron chi connectivity index (χ2n) is 4.69. The number of aromatic nitrogens is 1. The van der Waals surface area contributed by atoms with Crippen LogP contribution in [-0.4, -0.2) is 17.5 Å². The Morgan fingerprint density at radius 3 is 2.90 bits per heavy atom. The number of hydrogen-bond donors (Lipinski definition) is 1. The van der Waals surface area contributed by atoms with Crippen LogP contribution in [0.4, 0.5) is 5.69 Å². The van der Waals surface area contributed by atoms with Crippen LogP contribution in [0.1, 0.15) is 5.56 Å². The molecule has 3 rings (SSSR count). The topological polar surface area (TPSA) is 51.2 Å². The molecule has 102 valence electrons. The Labute approximate surface area is 121 Å². The number of carbonyl (C=O) groups excluding carboxylic acids is 1. The zero-order valence-electron chi connectivity index (χ0n) is 10.7. The lowest BCUT2D eigenvalue weighted by molar-refractivity contribution is -0.121. The van der Waals surface area contributed by atoms with Crippen molar-refractivity contribution in [2.75, 3.05) is 11.9 Å². The molecule has 1 aromatic carbocycles. The van der Waals surface area contributed by atoms with Gasteiger partial charge in [0.1, 0.15) is 12.4 Å². The summed E-state index contributed by atoms with van der Waals surface area (Å²) in [5.41, 5.74) is 1.71. The number of rotatable bonds is 2. The van der Waals surface area contributed by atoms with Crippen molar-refractivity contribution in [1.82, 2.24) is 4.98 Å². The van der Waals surface area contributed by atoms with Crippen LogP contribution in [0.3, 0.4) is 0 Å². The zero-order chi connectivity index (χ0) is 13.9. The van der Waals surface area contributed by atoms with Crippen LogP contribution in [-0.2, 0) is 11.2 Å². The number of hydrogen-bond acceptors (Lipinski definition) is 3. The zero-order valence-corrected chi connectivity index (χ0v) is 11.4. The van der Waals surface area contributed by atoms with E-state index in [1.54, 1.807) is 30.6 Å². The molecule has 1 aromatic heterocycles. The highest BCUT2D eigenvalue weighted by Gasteiger charge is 2.26. The Hall–Kier alpha value is -2.07. The summed E-state index contributed by atoms with van der Waals surface area (Å²) in [7, 11) is 0. The molecule has 5 heteroatoms. The summed E-state index contributed by atoms with van der Waals surface area (Å²) in [5, 5.41) is 3.52. The summed E-state index contributed by atoms with van der Waals surface area (Å²) >= 11 is 5.97. The van der Waals surface area contributed by atoms with Gasteiger partial charge < -0.3 is 10.1 Å². The lowest BCUT2D eigenvalue weighted by Gasteiger charge is -2.24. The van der Waals surface area contributed by atoms with E-state index < -0.39 is 0 Å². The lowest BCUT2D eigenvalue weighted by atomic mass is 9.96. The summed E-state index contributed by atoms with van der Waals surface area (Å²) < 4.78 is 5.62. The first-order valence-corrected chi connectivity index (χ1v) is 6.72. The van der Waals surface area contributed by atoms with Crippen LogP contribution in [0.2, 0.25) is 5.02 Å². The van der Waals surface area contributed by atoms with Crippen molar-refractivity contribution in [2.24, 2.45) is 5.92 Å². The summed E-state index contributed by atoms with van der Waals surface area (Å²) in [4.78, 5) is 16.1. The molecule has 0 fully saturated rings. The maximum Gasteiger partial charge on any atom is 0.231 e. The summed E-state index contributed by atoms with van der Waals surface area (Å²) in [5.74, 6) is 0.540. The van der Waals surface area contributed by atoms with Gasteiger partial charge in [-0.05, 0) is 42.3 Å². The highest BCUT2D eigenvalue weighted by atomic mass is 35.5. The smallest absolute Gasteiger partial charge is 0.231 e. The Morgan fingerprint density at radius 1 is 1.30 bits per heavy atom. The quantitative estimate of drug-likeness (QED) is 0.924. The van der Waals surface area contributed by atoms with Crippen molar-refractivity contribution in [3.8, 4) is 5.75 Å². The fraction of sp³-hybridized carbons (Fsp3) is 0.200. The molecule has 0 bridgehead atoms. The molecule has 1 atom stereocenters. The van der Waals surface area contributed by atoms with Gasteiger partial charge in [-0.1, -0.05) is 11.6 Å². The predicted octanol–water partition coefficient (Wildman–Crippen LogP) is 2.92. The van der Waals surface area contributed by atoms with Crippen molar-refractivity contribution in [2.45, 2.75) is 6.42 Å². The minimum Gasteiger partial charge on any atom is -0.492 e. The van der Waals surface area contributed by atoms with Crippen LogP contribution in [0, 0.1) is 5.92 Å². The van der Waals surface area contributed by atoms with E-state index in [0.717, 1.165) is 17.0 Å². The molecule has 1 aliphatic rings. The van der Waals surface area contributed by atoms with E-state index in [2.05, 4.69) is 10.3 Å². The standard InChI is InChI=1S/C15H13ClN2O2/c16-12-1-2-14-10(8-12)7-11(9-20-14)15(19)18-13-3-5-17-6-4-13/h1-6,8,11H,7,9H2,(H,17,18,19). The molecular weight excluding hydrogens is 276 g/mol. The fourth-order valence-corrected chi connectivity index (χ4v) is 2.41. The van der Waals surface area contributed by atoms with Crippen LogP contribution in [0.15, 0.2) is 42.7 Å². The molecule has 0 saturated heterocycles. The maximum atomic E-state index is 12.2. The number of ether oxygens (including phenoxy) is 1. The number of anilines is 1. The molecule has 20 heavy (non-hydrogen) atoms. The number of carbonyl (C=O) groups is 1. The van der Waals surface area contributed by atoms with Gasteiger partial charge in [-0.25, -0.2) is 0 Å². The van der Waals surface area contributed by atoms with Crippen LogP contribution >= 0.6 is 11.6 Å². The summed E-state index contributed by atoms with van der Waals surface area (Å²) in [6.45, 7) is 0.381. The maximum absolute atomic E-state index is 12.2. The van der Waals surface area contributed by atoms with Gasteiger partial charge in [0.2, 0.25) is 5.91 Å². The van der Waals surface area contributed by atoms with Crippen molar-refractivity contribution >= 4 is 23.2 Å². The Balaban J connectivity index is 1.72. The van der Waals surface area contributed by atoms with Gasteiger partial charge in [0.05, 0.1) is 5.92 Å². The van der Waals surface area contributed by atoms with Gasteiger partial charge in [-0.3, -0.25) is 9.78 Å². The fourth-order valence-electron chi connectivity index (χ4n) is 2.21. The van der Waals surface area contributed by atoms with Gasteiger partial charge in [0.25, 0.3) is 0 Å². The molecular formula is C15H13ClN2O2. The number of amides is 1. The highest BCUT2D eigenvalue weighted by Crippen LogP contribution is 2.30. The van der Waals surface area contributed by atoms with E-state index in [1.165, 1.54) is 0 Å². The first kappa shape index (κ1) is 12.9. The SMILES string of the molecule is O=C(Nc1ccncc1)C1COc2ccc(Cl)cc2C1. The summed E-state index contributed by atoms with van der Waals surface area (Å²) in [6.07, 6.45) is 3.91. The minimum atomic E-state index is -0.214. The average Bonchev–Trinajstić information content (AvgIpc) is 2.47. The van der Waals surface area contributed by atoms with E-state index in [4.69, 9.17) is 16.3 Å². The number of nitrogens with one attached hydrogen (secondary N) is 1. The van der Waals surface area contributed by atoms with Crippen molar-refractivity contribution in [1.29, 1.82) is 0 Å². The second kappa shape index (κ2) is 5.51. The van der Waals surface area contributed by atoms with Gasteiger partial charge in [0.15, 0.2) is 0 Å². The Kier molecular flexibility index (Phi) is 3.56. The third-order valence-corrected chi connectivity index (χ3v) is 3.48. The molecule has 0 aliphatic carbocycles. The third kappa shape index (κ3) is 2.75. The van der Waals surface area contributed by atoms with Gasteiger partial charge in [0, 0.05) is 23.1 Å². The second-order valence-corrected chi connectivity index (χ2v) is 5.13. The Bertz CT molecular complexity index is 631. The number of pyridine rings is 1.